The normalized spacial score (nSPS) is 24.0. The monoisotopic (exact) mass is 302 g/mol. The molecule has 0 saturated heterocycles. The largest absolute Gasteiger partial charge is 0.365 e. The molecule has 2 aromatic carbocycles. The molecule has 0 saturated carbocycles. The maximum absolute atomic E-state index is 12.7. The van der Waals surface area contributed by atoms with Crippen LogP contribution < -0.4 is 0 Å². The first-order chi connectivity index (χ1) is 10.1. The molecule has 0 fully saturated rings. The highest BCUT2D eigenvalue weighted by Crippen LogP contribution is 2.39. The van der Waals surface area contributed by atoms with Crippen LogP contribution in [0.1, 0.15) is 29.9 Å². The van der Waals surface area contributed by atoms with Crippen LogP contribution in [0.5, 0.6) is 0 Å². The van der Waals surface area contributed by atoms with Crippen LogP contribution in [0.3, 0.4) is 0 Å². The van der Waals surface area contributed by atoms with E-state index in [1.165, 1.54) is 7.11 Å². The van der Waals surface area contributed by atoms with E-state index in [-0.39, 0.29) is 5.92 Å². The second-order valence-corrected chi connectivity index (χ2v) is 7.34. The minimum atomic E-state index is -3.43. The Bertz CT molecular complexity index is 723. The van der Waals surface area contributed by atoms with Crippen LogP contribution in [0.4, 0.5) is 0 Å². The summed E-state index contributed by atoms with van der Waals surface area (Å²) in [4.78, 5) is 0.406. The van der Waals surface area contributed by atoms with Gasteiger partial charge in [0, 0.05) is 13.0 Å². The summed E-state index contributed by atoms with van der Waals surface area (Å²) in [5.41, 5.74) is 1.27. The van der Waals surface area contributed by atoms with E-state index < -0.39 is 15.3 Å². The van der Waals surface area contributed by atoms with E-state index in [0.29, 0.717) is 11.3 Å². The van der Waals surface area contributed by atoms with Gasteiger partial charge < -0.3 is 4.74 Å². The topological polar surface area (TPSA) is 43.4 Å². The van der Waals surface area contributed by atoms with Crippen molar-refractivity contribution < 1.29 is 13.2 Å². The molecule has 3 rings (SSSR count). The van der Waals surface area contributed by atoms with Gasteiger partial charge in [-0.05, 0) is 30.0 Å². The van der Waals surface area contributed by atoms with Gasteiger partial charge in [-0.25, -0.2) is 8.42 Å². The molecule has 0 bridgehead atoms. The van der Waals surface area contributed by atoms with Crippen LogP contribution in [0, 0.1) is 0 Å². The molecule has 0 amide bonds. The molecule has 3 nitrogen and oxygen atoms in total. The van der Waals surface area contributed by atoms with Crippen LogP contribution in [-0.2, 0) is 14.6 Å². The van der Waals surface area contributed by atoms with Crippen molar-refractivity contribution in [3.8, 4) is 0 Å². The second-order valence-electron chi connectivity index (χ2n) is 5.29. The summed E-state index contributed by atoms with van der Waals surface area (Å²) in [7, 11) is -1.97. The Labute approximate surface area is 125 Å². The first-order valence-corrected chi connectivity index (χ1v) is 8.60. The van der Waals surface area contributed by atoms with Gasteiger partial charge in [0.15, 0.2) is 5.44 Å². The molecule has 4 heteroatoms. The lowest BCUT2D eigenvalue weighted by Gasteiger charge is -2.17. The highest BCUT2D eigenvalue weighted by molar-refractivity contribution is 7.92. The molecular formula is C17H18O3S. The Morgan fingerprint density at radius 1 is 0.952 bits per heavy atom. The van der Waals surface area contributed by atoms with Crippen molar-refractivity contribution in [1.82, 2.24) is 0 Å². The molecule has 110 valence electrons. The molecule has 0 aliphatic carbocycles. The van der Waals surface area contributed by atoms with E-state index >= 15 is 0 Å². The zero-order valence-electron chi connectivity index (χ0n) is 11.9. The predicted molar refractivity (Wildman–Crippen MR) is 81.9 cm³/mol. The third-order valence-corrected chi connectivity index (χ3v) is 6.21. The molecule has 0 N–H and O–H groups in total. The summed E-state index contributed by atoms with van der Waals surface area (Å²) < 4.78 is 30.7. The van der Waals surface area contributed by atoms with Crippen molar-refractivity contribution in [3.63, 3.8) is 0 Å². The van der Waals surface area contributed by atoms with Crippen molar-refractivity contribution in [1.29, 1.82) is 0 Å². The fourth-order valence-electron chi connectivity index (χ4n) is 3.06. The van der Waals surface area contributed by atoms with E-state index in [1.807, 2.05) is 30.3 Å². The molecule has 2 unspecified atom stereocenters. The van der Waals surface area contributed by atoms with Crippen LogP contribution in [0.25, 0.3) is 0 Å². The average molecular weight is 302 g/mol. The molecule has 1 heterocycles. The third-order valence-electron chi connectivity index (χ3n) is 4.10. The van der Waals surface area contributed by atoms with Gasteiger partial charge in [0.05, 0.1) is 4.90 Å². The van der Waals surface area contributed by atoms with Crippen molar-refractivity contribution in [2.75, 3.05) is 7.11 Å². The molecule has 0 spiro atoms. The second kappa shape index (κ2) is 5.62. The lowest BCUT2D eigenvalue weighted by molar-refractivity contribution is 0.154. The number of benzene rings is 2. The molecule has 0 radical (unpaired) electrons. The van der Waals surface area contributed by atoms with E-state index in [0.717, 1.165) is 17.5 Å². The van der Waals surface area contributed by atoms with Gasteiger partial charge in [0.25, 0.3) is 0 Å². The van der Waals surface area contributed by atoms with Gasteiger partial charge in [-0.1, -0.05) is 48.5 Å². The summed E-state index contributed by atoms with van der Waals surface area (Å²) >= 11 is 0. The Morgan fingerprint density at radius 2 is 1.62 bits per heavy atom. The fourth-order valence-corrected chi connectivity index (χ4v) is 4.85. The smallest absolute Gasteiger partial charge is 0.205 e. The van der Waals surface area contributed by atoms with Gasteiger partial charge in [-0.2, -0.15) is 0 Å². The van der Waals surface area contributed by atoms with Crippen LogP contribution >= 0.6 is 0 Å². The number of sulfone groups is 1. The number of methoxy groups -OCH3 is 1. The SMILES string of the molecule is COC1CCC(c2ccccc2)c2ccccc2S1(=O)=O. The van der Waals surface area contributed by atoms with E-state index in [4.69, 9.17) is 4.74 Å². The van der Waals surface area contributed by atoms with Crippen molar-refractivity contribution >= 4 is 9.84 Å². The van der Waals surface area contributed by atoms with Crippen molar-refractivity contribution in [2.24, 2.45) is 0 Å². The molecule has 1 aliphatic heterocycles. The summed E-state index contributed by atoms with van der Waals surface area (Å²) in [5.74, 6) is 0.0947. The number of ether oxygens (including phenoxy) is 1. The van der Waals surface area contributed by atoms with Crippen LogP contribution in [0.15, 0.2) is 59.5 Å². The van der Waals surface area contributed by atoms with Gasteiger partial charge >= 0.3 is 0 Å². The van der Waals surface area contributed by atoms with Crippen molar-refractivity contribution in [2.45, 2.75) is 29.1 Å². The average Bonchev–Trinajstić information content (AvgIpc) is 2.63. The lowest BCUT2D eigenvalue weighted by atomic mass is 9.87. The van der Waals surface area contributed by atoms with E-state index in [9.17, 15) is 8.42 Å². The Kier molecular flexibility index (Phi) is 3.83. The van der Waals surface area contributed by atoms with Gasteiger partial charge in [-0.15, -0.1) is 0 Å². The number of rotatable bonds is 2. The molecular weight excluding hydrogens is 284 g/mol. The van der Waals surface area contributed by atoms with Crippen molar-refractivity contribution in [3.05, 3.63) is 65.7 Å². The maximum atomic E-state index is 12.7. The van der Waals surface area contributed by atoms with Gasteiger partial charge in [0.2, 0.25) is 9.84 Å². The first-order valence-electron chi connectivity index (χ1n) is 7.05. The van der Waals surface area contributed by atoms with Gasteiger partial charge in [-0.3, -0.25) is 0 Å². The summed E-state index contributed by atoms with van der Waals surface area (Å²) in [6, 6.07) is 17.4. The summed E-state index contributed by atoms with van der Waals surface area (Å²) in [5, 5.41) is 0. The molecule has 21 heavy (non-hydrogen) atoms. The van der Waals surface area contributed by atoms with E-state index in [2.05, 4.69) is 12.1 Å². The molecule has 0 aromatic heterocycles. The van der Waals surface area contributed by atoms with Crippen LogP contribution in [-0.4, -0.2) is 21.0 Å². The Hall–Kier alpha value is -1.65. The number of hydrogen-bond acceptors (Lipinski definition) is 3. The minimum absolute atomic E-state index is 0.0947. The molecule has 1 aliphatic rings. The van der Waals surface area contributed by atoms with E-state index in [1.54, 1.807) is 12.1 Å². The minimum Gasteiger partial charge on any atom is -0.365 e. The Morgan fingerprint density at radius 3 is 2.33 bits per heavy atom. The standard InChI is InChI=1S/C17H18O3S/c1-20-17-12-11-14(13-7-3-2-4-8-13)15-9-5-6-10-16(15)21(17,18)19/h2-10,14,17H,11-12H2,1H3. The zero-order chi connectivity index (χ0) is 14.9. The highest BCUT2D eigenvalue weighted by Gasteiger charge is 2.35. The molecule has 2 atom stereocenters. The fraction of sp³-hybridized carbons (Fsp3) is 0.294. The predicted octanol–water partition coefficient (Wildman–Crippen LogP) is 3.36. The number of hydrogen-bond donors (Lipinski definition) is 0. The maximum Gasteiger partial charge on any atom is 0.205 e. The summed E-state index contributed by atoms with van der Waals surface area (Å²) in [6.07, 6.45) is 1.27. The Balaban J connectivity index is 2.18. The third kappa shape index (κ3) is 2.49. The number of fused-ring (bicyclic) bond motifs is 1. The summed E-state index contributed by atoms with van der Waals surface area (Å²) in [6.45, 7) is 0. The van der Waals surface area contributed by atoms with Crippen LogP contribution in [0.2, 0.25) is 0 Å². The van der Waals surface area contributed by atoms with Gasteiger partial charge in [0.1, 0.15) is 0 Å². The lowest BCUT2D eigenvalue weighted by Crippen LogP contribution is -2.22. The highest BCUT2D eigenvalue weighted by atomic mass is 32.2. The zero-order valence-corrected chi connectivity index (χ0v) is 12.7. The quantitative estimate of drug-likeness (QED) is 0.854. The first kappa shape index (κ1) is 14.3. The molecule has 2 aromatic rings.